The Kier molecular flexibility index (Phi) is 12.3. The van der Waals surface area contributed by atoms with E-state index >= 15 is 0 Å². The quantitative estimate of drug-likeness (QED) is 0.423. The molecular formula is C21H33FN2O2S2. The number of amides is 2. The van der Waals surface area contributed by atoms with Gasteiger partial charge in [0, 0.05) is 17.8 Å². The molecule has 158 valence electrons. The van der Waals surface area contributed by atoms with Gasteiger partial charge in [0.05, 0.1) is 10.5 Å². The molecule has 0 fully saturated rings. The summed E-state index contributed by atoms with van der Waals surface area (Å²) in [6.07, 6.45) is 4.31. The van der Waals surface area contributed by atoms with E-state index in [1.54, 1.807) is 35.7 Å². The van der Waals surface area contributed by atoms with Gasteiger partial charge in [-0.05, 0) is 50.3 Å². The van der Waals surface area contributed by atoms with Crippen LogP contribution in [0, 0.1) is 5.82 Å². The molecule has 0 heterocycles. The molecule has 0 unspecified atom stereocenters. The topological polar surface area (TPSA) is 58.2 Å². The molecule has 0 saturated heterocycles. The van der Waals surface area contributed by atoms with Crippen molar-refractivity contribution in [3.8, 4) is 0 Å². The standard InChI is InChI=1S/C21H33FN2O2S2/c1-5-7-12-27-15(3)20(25)23-14-17-18(22)10-9-11-19(17)24-21(26)16(4)28-13-8-6-2/h9-11,15-16H,5-8,12-14H2,1-4H3,(H,23,25)(H,24,26)/t15-,16-/m0/s1. The van der Waals surface area contributed by atoms with Gasteiger partial charge in [0.25, 0.3) is 0 Å². The zero-order valence-electron chi connectivity index (χ0n) is 17.3. The van der Waals surface area contributed by atoms with Crippen LogP contribution in [0.15, 0.2) is 18.2 Å². The minimum Gasteiger partial charge on any atom is -0.351 e. The van der Waals surface area contributed by atoms with E-state index in [0.29, 0.717) is 11.3 Å². The molecule has 1 aromatic carbocycles. The Morgan fingerprint density at radius 2 is 1.57 bits per heavy atom. The first-order chi connectivity index (χ1) is 13.4. The molecule has 0 aromatic heterocycles. The maximum Gasteiger partial charge on any atom is 0.237 e. The van der Waals surface area contributed by atoms with Crippen LogP contribution in [0.3, 0.4) is 0 Å². The van der Waals surface area contributed by atoms with E-state index in [0.717, 1.165) is 37.2 Å². The third-order valence-electron chi connectivity index (χ3n) is 4.29. The summed E-state index contributed by atoms with van der Waals surface area (Å²) in [5.41, 5.74) is 0.722. The minimum atomic E-state index is -0.435. The molecule has 0 aliphatic heterocycles. The van der Waals surface area contributed by atoms with E-state index < -0.39 is 5.82 Å². The Labute approximate surface area is 177 Å². The summed E-state index contributed by atoms with van der Waals surface area (Å²) in [7, 11) is 0. The van der Waals surface area contributed by atoms with Crippen LogP contribution < -0.4 is 10.6 Å². The number of nitrogens with one attached hydrogen (secondary N) is 2. The highest BCUT2D eigenvalue weighted by Gasteiger charge is 2.18. The van der Waals surface area contributed by atoms with Crippen molar-refractivity contribution in [1.82, 2.24) is 5.32 Å². The number of hydrogen-bond acceptors (Lipinski definition) is 4. The molecule has 0 aliphatic carbocycles. The van der Waals surface area contributed by atoms with Crippen molar-refractivity contribution in [1.29, 1.82) is 0 Å². The first-order valence-corrected chi connectivity index (χ1v) is 12.1. The fraction of sp³-hybridized carbons (Fsp3) is 0.619. The second-order valence-corrected chi connectivity index (χ2v) is 9.60. The number of halogens is 1. The van der Waals surface area contributed by atoms with Crippen molar-refractivity contribution in [3.05, 3.63) is 29.6 Å². The zero-order valence-corrected chi connectivity index (χ0v) is 19.0. The van der Waals surface area contributed by atoms with Gasteiger partial charge < -0.3 is 10.6 Å². The molecule has 0 spiro atoms. The first-order valence-electron chi connectivity index (χ1n) is 9.99. The summed E-state index contributed by atoms with van der Waals surface area (Å²) in [5, 5.41) is 5.21. The fourth-order valence-electron chi connectivity index (χ4n) is 2.37. The number of carbonyl (C=O) groups excluding carboxylic acids is 2. The van der Waals surface area contributed by atoms with Crippen LogP contribution >= 0.6 is 23.5 Å². The van der Waals surface area contributed by atoms with Gasteiger partial charge in [-0.15, -0.1) is 23.5 Å². The van der Waals surface area contributed by atoms with Crippen LogP contribution in [0.5, 0.6) is 0 Å². The maximum absolute atomic E-state index is 14.3. The predicted octanol–water partition coefficient (Wildman–Crippen LogP) is 5.22. The van der Waals surface area contributed by atoms with E-state index in [1.165, 1.54) is 6.07 Å². The normalized spacial score (nSPS) is 13.0. The van der Waals surface area contributed by atoms with E-state index in [9.17, 15) is 14.0 Å². The van der Waals surface area contributed by atoms with Gasteiger partial charge in [-0.2, -0.15) is 0 Å². The van der Waals surface area contributed by atoms with Crippen molar-refractivity contribution in [2.75, 3.05) is 16.8 Å². The Bertz CT molecular complexity index is 628. The molecular weight excluding hydrogens is 395 g/mol. The van der Waals surface area contributed by atoms with Gasteiger partial charge >= 0.3 is 0 Å². The lowest BCUT2D eigenvalue weighted by atomic mass is 10.1. The van der Waals surface area contributed by atoms with Crippen molar-refractivity contribution < 1.29 is 14.0 Å². The Balaban J connectivity index is 2.67. The van der Waals surface area contributed by atoms with Gasteiger partial charge in [0.2, 0.25) is 11.8 Å². The molecule has 2 atom stereocenters. The lowest BCUT2D eigenvalue weighted by Gasteiger charge is -2.17. The van der Waals surface area contributed by atoms with Crippen molar-refractivity contribution in [2.45, 2.75) is 70.4 Å². The maximum atomic E-state index is 14.3. The highest BCUT2D eigenvalue weighted by molar-refractivity contribution is 8.00. The molecule has 2 amide bonds. The number of thioether (sulfide) groups is 2. The third-order valence-corrected chi connectivity index (χ3v) is 6.76. The minimum absolute atomic E-state index is 0.0527. The van der Waals surface area contributed by atoms with E-state index in [1.807, 2.05) is 13.8 Å². The third kappa shape index (κ3) is 8.86. The fourth-order valence-corrected chi connectivity index (χ4v) is 4.43. The SMILES string of the molecule is CCCCS[C@@H](C)C(=O)NCc1c(F)cccc1NC(=O)[C@H](C)SCCCC. The number of rotatable bonds is 13. The average molecular weight is 429 g/mol. The van der Waals surface area contributed by atoms with Crippen molar-refractivity contribution >= 4 is 41.0 Å². The van der Waals surface area contributed by atoms with E-state index in [4.69, 9.17) is 0 Å². The molecule has 2 N–H and O–H groups in total. The molecule has 1 rings (SSSR count). The molecule has 4 nitrogen and oxygen atoms in total. The molecule has 0 aliphatic rings. The lowest BCUT2D eigenvalue weighted by Crippen LogP contribution is -2.31. The summed E-state index contributed by atoms with van der Waals surface area (Å²) in [4.78, 5) is 24.7. The summed E-state index contributed by atoms with van der Waals surface area (Å²) >= 11 is 3.19. The average Bonchev–Trinajstić information content (AvgIpc) is 2.67. The van der Waals surface area contributed by atoms with Crippen LogP contribution in [0.25, 0.3) is 0 Å². The lowest BCUT2D eigenvalue weighted by molar-refractivity contribution is -0.120. The predicted molar refractivity (Wildman–Crippen MR) is 121 cm³/mol. The van der Waals surface area contributed by atoms with Crippen LogP contribution in [0.2, 0.25) is 0 Å². The monoisotopic (exact) mass is 428 g/mol. The van der Waals surface area contributed by atoms with Gasteiger partial charge in [0.1, 0.15) is 5.82 Å². The molecule has 0 bridgehead atoms. The van der Waals surface area contributed by atoms with Gasteiger partial charge in [0.15, 0.2) is 0 Å². The van der Waals surface area contributed by atoms with Crippen LogP contribution in [0.4, 0.5) is 10.1 Å². The Morgan fingerprint density at radius 1 is 1.00 bits per heavy atom. The van der Waals surface area contributed by atoms with Crippen molar-refractivity contribution in [2.24, 2.45) is 0 Å². The summed E-state index contributed by atoms with van der Waals surface area (Å²) < 4.78 is 14.3. The van der Waals surface area contributed by atoms with Gasteiger partial charge in [-0.1, -0.05) is 32.8 Å². The zero-order chi connectivity index (χ0) is 20.9. The van der Waals surface area contributed by atoms with Crippen LogP contribution in [-0.4, -0.2) is 33.8 Å². The van der Waals surface area contributed by atoms with Crippen LogP contribution in [-0.2, 0) is 16.1 Å². The number of carbonyl (C=O) groups is 2. The molecule has 0 saturated carbocycles. The Morgan fingerprint density at radius 3 is 2.14 bits per heavy atom. The van der Waals surface area contributed by atoms with Crippen LogP contribution in [0.1, 0.15) is 58.9 Å². The van der Waals surface area contributed by atoms with E-state index in [-0.39, 0.29) is 28.9 Å². The number of unbranched alkanes of at least 4 members (excludes halogenated alkanes) is 2. The number of anilines is 1. The summed E-state index contributed by atoms with van der Waals surface area (Å²) in [6.45, 7) is 7.99. The first kappa shape index (κ1) is 24.8. The molecule has 28 heavy (non-hydrogen) atoms. The molecule has 7 heteroatoms. The second-order valence-electron chi connectivity index (χ2n) is 6.71. The highest BCUT2D eigenvalue weighted by atomic mass is 32.2. The smallest absolute Gasteiger partial charge is 0.237 e. The van der Waals surface area contributed by atoms with Gasteiger partial charge in [-0.3, -0.25) is 9.59 Å². The second kappa shape index (κ2) is 13.9. The van der Waals surface area contributed by atoms with Gasteiger partial charge in [-0.25, -0.2) is 4.39 Å². The number of benzene rings is 1. The summed E-state index contributed by atoms with van der Waals surface area (Å²) in [6, 6.07) is 4.58. The Hall–Kier alpha value is -1.21. The summed E-state index contributed by atoms with van der Waals surface area (Å²) in [5.74, 6) is 1.15. The molecule has 1 aromatic rings. The van der Waals surface area contributed by atoms with E-state index in [2.05, 4.69) is 24.5 Å². The highest BCUT2D eigenvalue weighted by Crippen LogP contribution is 2.22. The number of hydrogen-bond donors (Lipinski definition) is 2. The largest absolute Gasteiger partial charge is 0.351 e. The van der Waals surface area contributed by atoms with Crippen molar-refractivity contribution in [3.63, 3.8) is 0 Å². The molecule has 0 radical (unpaired) electrons.